The Hall–Kier alpha value is 0.492. The molecule has 0 rings (SSSR count). The highest BCUT2D eigenvalue weighted by Gasteiger charge is 1.74. The first kappa shape index (κ1) is 10.5. The molecule has 0 aliphatic carbocycles. The fraction of sp³-hybridized carbons (Fsp3) is 1.00. The van der Waals surface area contributed by atoms with E-state index in [-0.39, 0.29) is 0 Å². The number of hydrogen-bond donors (Lipinski definition) is 1. The molecule has 0 aromatic carbocycles. The van der Waals surface area contributed by atoms with Gasteiger partial charge in [-0.1, -0.05) is 13.8 Å². The summed E-state index contributed by atoms with van der Waals surface area (Å²) in [4.78, 5) is 0. The molecule has 0 fully saturated rings. The Morgan fingerprint density at radius 1 is 1.14 bits per heavy atom. The van der Waals surface area contributed by atoms with Gasteiger partial charge < -0.3 is 5.11 Å². The second-order valence-electron chi connectivity index (χ2n) is 1.11. The summed E-state index contributed by atoms with van der Waals surface area (Å²) in [5, 5.41) is 9.85. The Labute approximate surface area is 52.5 Å². The number of rotatable bonds is 2. The Kier molecular flexibility index (Phi) is 24.0. The smallest absolute Gasteiger partial charge is 0.198 e. The van der Waals surface area contributed by atoms with Crippen molar-refractivity contribution in [3.63, 3.8) is 0 Å². The molecular formula is C5H14AlO. The van der Waals surface area contributed by atoms with Crippen LogP contribution in [0.4, 0.5) is 0 Å². The largest absolute Gasteiger partial charge is 0.400 e. The van der Waals surface area contributed by atoms with Crippen LogP contribution in [0.2, 0.25) is 10.6 Å². The van der Waals surface area contributed by atoms with Gasteiger partial charge in [0.15, 0.2) is 15.2 Å². The predicted molar refractivity (Wildman–Crippen MR) is 34.9 cm³/mol. The van der Waals surface area contributed by atoms with Gasteiger partial charge in [-0.3, -0.25) is 0 Å². The van der Waals surface area contributed by atoms with Crippen molar-refractivity contribution in [3.8, 4) is 0 Å². The Bertz CT molecular complexity index is 15.6. The molecule has 2 heteroatoms. The summed E-state index contributed by atoms with van der Waals surface area (Å²) in [6.07, 6.45) is 0. The summed E-state index contributed by atoms with van der Waals surface area (Å²) in [5.74, 6) is 0. The molecule has 0 aromatic rings. The van der Waals surface area contributed by atoms with Crippen molar-refractivity contribution in [1.29, 1.82) is 0 Å². The SMILES string of the molecule is CO.C[CH2][Al][CH2]C. The fourth-order valence-electron chi connectivity index (χ4n) is 0.289. The predicted octanol–water partition coefficient (Wildman–Crippen LogP) is 1.18. The van der Waals surface area contributed by atoms with Crippen LogP contribution in [0, 0.1) is 0 Å². The Morgan fingerprint density at radius 3 is 1.43 bits per heavy atom. The van der Waals surface area contributed by atoms with E-state index < -0.39 is 0 Å². The van der Waals surface area contributed by atoms with E-state index in [1.807, 2.05) is 0 Å². The molecule has 0 atom stereocenters. The number of aliphatic hydroxyl groups is 1. The molecule has 0 amide bonds. The zero-order valence-electron chi connectivity index (χ0n) is 5.44. The first-order valence-corrected chi connectivity index (χ1v) is 4.31. The van der Waals surface area contributed by atoms with Gasteiger partial charge in [0.25, 0.3) is 0 Å². The summed E-state index contributed by atoms with van der Waals surface area (Å²) in [6, 6.07) is 0. The molecule has 7 heavy (non-hydrogen) atoms. The molecule has 0 aromatic heterocycles. The summed E-state index contributed by atoms with van der Waals surface area (Å²) >= 11 is 0.815. The molecular weight excluding hydrogens is 103 g/mol. The minimum atomic E-state index is 0.815. The van der Waals surface area contributed by atoms with Crippen LogP contribution in [0.15, 0.2) is 0 Å². The van der Waals surface area contributed by atoms with Gasteiger partial charge in [0.2, 0.25) is 0 Å². The maximum absolute atomic E-state index is 7.00. The maximum Gasteiger partial charge on any atom is 0.198 e. The minimum Gasteiger partial charge on any atom is -0.400 e. The molecule has 1 radical (unpaired) electrons. The van der Waals surface area contributed by atoms with Crippen molar-refractivity contribution in [1.82, 2.24) is 0 Å². The monoisotopic (exact) mass is 117 g/mol. The van der Waals surface area contributed by atoms with Gasteiger partial charge in [-0.15, -0.1) is 10.6 Å². The van der Waals surface area contributed by atoms with Crippen molar-refractivity contribution in [2.75, 3.05) is 7.11 Å². The molecule has 43 valence electrons. The summed E-state index contributed by atoms with van der Waals surface area (Å²) in [5.41, 5.74) is 0. The van der Waals surface area contributed by atoms with Crippen LogP contribution in [-0.4, -0.2) is 27.4 Å². The van der Waals surface area contributed by atoms with Gasteiger partial charge in [-0.25, -0.2) is 0 Å². The van der Waals surface area contributed by atoms with Crippen molar-refractivity contribution < 1.29 is 5.11 Å². The highest BCUT2D eigenvalue weighted by molar-refractivity contribution is 6.34. The van der Waals surface area contributed by atoms with E-state index >= 15 is 0 Å². The normalized spacial score (nSPS) is 6.29. The van der Waals surface area contributed by atoms with E-state index in [1.54, 1.807) is 0 Å². The molecule has 0 aliphatic rings. The molecule has 0 unspecified atom stereocenters. The van der Waals surface area contributed by atoms with Crippen LogP contribution in [0.25, 0.3) is 0 Å². The Balaban J connectivity index is 0. The summed E-state index contributed by atoms with van der Waals surface area (Å²) < 4.78 is 0. The van der Waals surface area contributed by atoms with Gasteiger partial charge in [0, 0.05) is 7.11 Å². The van der Waals surface area contributed by atoms with E-state index in [9.17, 15) is 0 Å². The molecule has 0 spiro atoms. The molecule has 0 heterocycles. The van der Waals surface area contributed by atoms with Gasteiger partial charge in [-0.2, -0.15) is 0 Å². The average molecular weight is 117 g/mol. The van der Waals surface area contributed by atoms with Crippen LogP contribution in [0.5, 0.6) is 0 Å². The highest BCUT2D eigenvalue weighted by Crippen LogP contribution is 1.77. The summed E-state index contributed by atoms with van der Waals surface area (Å²) in [6.45, 7) is 4.50. The third-order valence-electron chi connectivity index (χ3n) is 0.577. The van der Waals surface area contributed by atoms with Crippen molar-refractivity contribution >= 4 is 15.2 Å². The van der Waals surface area contributed by atoms with Gasteiger partial charge in [0.05, 0.1) is 0 Å². The second kappa shape index (κ2) is 16.1. The third-order valence-corrected chi connectivity index (χ3v) is 1.73. The minimum absolute atomic E-state index is 0.815. The molecule has 1 nitrogen and oxygen atoms in total. The van der Waals surface area contributed by atoms with E-state index in [1.165, 1.54) is 10.6 Å². The zero-order chi connectivity index (χ0) is 6.12. The lowest BCUT2D eigenvalue weighted by molar-refractivity contribution is 0.399. The van der Waals surface area contributed by atoms with E-state index in [2.05, 4.69) is 13.8 Å². The highest BCUT2D eigenvalue weighted by atomic mass is 27.1. The summed E-state index contributed by atoms with van der Waals surface area (Å²) in [7, 11) is 1.00. The first-order valence-electron chi connectivity index (χ1n) is 2.68. The van der Waals surface area contributed by atoms with E-state index in [0.29, 0.717) is 0 Å². The number of aliphatic hydroxyl groups excluding tert-OH is 1. The zero-order valence-corrected chi connectivity index (χ0v) is 6.59. The second-order valence-corrected chi connectivity index (χ2v) is 3.32. The van der Waals surface area contributed by atoms with Crippen LogP contribution < -0.4 is 0 Å². The lowest BCUT2D eigenvalue weighted by atomic mass is 10.9. The average Bonchev–Trinajstić information content (AvgIpc) is 1.75. The van der Waals surface area contributed by atoms with Gasteiger partial charge in [0.1, 0.15) is 0 Å². The van der Waals surface area contributed by atoms with Crippen molar-refractivity contribution in [2.24, 2.45) is 0 Å². The van der Waals surface area contributed by atoms with Gasteiger partial charge >= 0.3 is 0 Å². The third kappa shape index (κ3) is 21.1. The van der Waals surface area contributed by atoms with Crippen LogP contribution in [-0.2, 0) is 0 Å². The molecule has 0 saturated heterocycles. The lowest BCUT2D eigenvalue weighted by Gasteiger charge is -1.74. The van der Waals surface area contributed by atoms with Crippen LogP contribution in [0.1, 0.15) is 13.8 Å². The molecule has 0 bridgehead atoms. The molecule has 1 N–H and O–H groups in total. The molecule has 0 saturated carbocycles. The Morgan fingerprint density at radius 2 is 1.43 bits per heavy atom. The van der Waals surface area contributed by atoms with Gasteiger partial charge in [-0.05, 0) is 0 Å². The standard InChI is InChI=1S/2C2H5.CH4O.Al/c3*1-2;/h2*1H2,2H3;2H,1H3;. The van der Waals surface area contributed by atoms with Crippen LogP contribution >= 0.6 is 0 Å². The molecule has 0 aliphatic heterocycles. The van der Waals surface area contributed by atoms with Crippen LogP contribution in [0.3, 0.4) is 0 Å². The first-order chi connectivity index (χ1) is 3.41. The lowest BCUT2D eigenvalue weighted by Crippen LogP contribution is -1.76. The maximum atomic E-state index is 7.00. The van der Waals surface area contributed by atoms with Crippen molar-refractivity contribution in [3.05, 3.63) is 0 Å². The topological polar surface area (TPSA) is 20.2 Å². The number of hydrogen-bond acceptors (Lipinski definition) is 1. The quantitative estimate of drug-likeness (QED) is 0.538. The van der Waals surface area contributed by atoms with E-state index in [0.717, 1.165) is 22.3 Å². The van der Waals surface area contributed by atoms with E-state index in [4.69, 9.17) is 5.11 Å². The van der Waals surface area contributed by atoms with Crippen molar-refractivity contribution in [2.45, 2.75) is 24.4 Å². The fourth-order valence-corrected chi connectivity index (χ4v) is 0.866.